The lowest BCUT2D eigenvalue weighted by molar-refractivity contribution is -0.133. The Bertz CT molecular complexity index is 941. The highest BCUT2D eigenvalue weighted by Crippen LogP contribution is 2.24. The third-order valence-electron chi connectivity index (χ3n) is 3.57. The van der Waals surface area contributed by atoms with Crippen LogP contribution in [0.4, 0.5) is 5.69 Å². The van der Waals surface area contributed by atoms with Gasteiger partial charge in [-0.3, -0.25) is 9.59 Å². The van der Waals surface area contributed by atoms with E-state index in [9.17, 15) is 9.59 Å². The van der Waals surface area contributed by atoms with Gasteiger partial charge in [-0.2, -0.15) is 0 Å². The molecule has 0 aliphatic carbocycles. The molecule has 0 fully saturated rings. The number of carbonyl (C=O) groups is 2. The molecule has 0 atom stereocenters. The highest BCUT2D eigenvalue weighted by molar-refractivity contribution is 7.99. The zero-order valence-corrected chi connectivity index (χ0v) is 14.7. The fraction of sp³-hybridized carbons (Fsp3) is 0.111. The van der Waals surface area contributed by atoms with Crippen LogP contribution in [0.3, 0.4) is 0 Å². The molecule has 1 amide bonds. The molecule has 26 heavy (non-hydrogen) atoms. The Balaban J connectivity index is 1.79. The Morgan fingerprint density at radius 1 is 1.12 bits per heavy atom. The van der Waals surface area contributed by atoms with Crippen molar-refractivity contribution in [3.8, 4) is 11.4 Å². The highest BCUT2D eigenvalue weighted by atomic mass is 32.2. The van der Waals surface area contributed by atoms with Crippen LogP contribution in [0.25, 0.3) is 11.4 Å². The predicted octanol–water partition coefficient (Wildman–Crippen LogP) is 2.91. The largest absolute Gasteiger partial charge is 0.481 e. The van der Waals surface area contributed by atoms with Crippen LogP contribution in [-0.2, 0) is 11.8 Å². The molecule has 0 bridgehead atoms. The summed E-state index contributed by atoms with van der Waals surface area (Å²) in [4.78, 5) is 23.0. The highest BCUT2D eigenvalue weighted by Gasteiger charge is 2.13. The molecule has 3 rings (SSSR count). The molecule has 0 aliphatic heterocycles. The number of carboxylic acid groups (broad SMARTS) is 1. The Labute approximate surface area is 154 Å². The lowest BCUT2D eigenvalue weighted by Crippen LogP contribution is -2.11. The van der Waals surface area contributed by atoms with Gasteiger partial charge in [-0.1, -0.05) is 42.1 Å². The number of benzene rings is 2. The average molecular weight is 368 g/mol. The van der Waals surface area contributed by atoms with Crippen molar-refractivity contribution in [2.24, 2.45) is 7.05 Å². The molecule has 0 saturated heterocycles. The van der Waals surface area contributed by atoms with E-state index in [0.717, 1.165) is 17.3 Å². The van der Waals surface area contributed by atoms with E-state index in [2.05, 4.69) is 15.5 Å². The molecule has 0 radical (unpaired) electrons. The van der Waals surface area contributed by atoms with Gasteiger partial charge in [0, 0.05) is 23.9 Å². The molecule has 0 unspecified atom stereocenters. The number of carbonyl (C=O) groups excluding carboxylic acids is 1. The lowest BCUT2D eigenvalue weighted by Gasteiger charge is -2.08. The van der Waals surface area contributed by atoms with Crippen LogP contribution in [0.5, 0.6) is 0 Å². The van der Waals surface area contributed by atoms with E-state index in [-0.39, 0.29) is 11.7 Å². The second-order valence-electron chi connectivity index (χ2n) is 5.45. The summed E-state index contributed by atoms with van der Waals surface area (Å²) >= 11 is 1.10. The van der Waals surface area contributed by atoms with Gasteiger partial charge in [-0.05, 0) is 24.3 Å². The number of thioether (sulfide) groups is 1. The van der Waals surface area contributed by atoms with Crippen molar-refractivity contribution in [3.63, 3.8) is 0 Å². The summed E-state index contributed by atoms with van der Waals surface area (Å²) in [7, 11) is 1.77. The van der Waals surface area contributed by atoms with Gasteiger partial charge in [-0.25, -0.2) is 0 Å². The summed E-state index contributed by atoms with van der Waals surface area (Å²) < 4.78 is 1.73. The van der Waals surface area contributed by atoms with E-state index in [1.165, 1.54) is 0 Å². The lowest BCUT2D eigenvalue weighted by atomic mass is 10.1. The summed E-state index contributed by atoms with van der Waals surface area (Å²) in [5, 5.41) is 20.3. The van der Waals surface area contributed by atoms with Crippen molar-refractivity contribution in [3.05, 3.63) is 60.2 Å². The van der Waals surface area contributed by atoms with Gasteiger partial charge < -0.3 is 15.0 Å². The number of hydrogen-bond acceptors (Lipinski definition) is 5. The molecular weight excluding hydrogens is 352 g/mol. The van der Waals surface area contributed by atoms with Gasteiger partial charge in [0.2, 0.25) is 0 Å². The Morgan fingerprint density at radius 2 is 1.88 bits per heavy atom. The summed E-state index contributed by atoms with van der Waals surface area (Å²) in [6.45, 7) is 0. The maximum Gasteiger partial charge on any atom is 0.313 e. The summed E-state index contributed by atoms with van der Waals surface area (Å²) in [6.07, 6.45) is 0. The number of carboxylic acids is 1. The van der Waals surface area contributed by atoms with Crippen LogP contribution < -0.4 is 5.32 Å². The van der Waals surface area contributed by atoms with Gasteiger partial charge in [0.1, 0.15) is 0 Å². The quantitative estimate of drug-likeness (QED) is 0.649. The van der Waals surface area contributed by atoms with Crippen LogP contribution in [0.2, 0.25) is 0 Å². The monoisotopic (exact) mass is 368 g/mol. The first kappa shape index (κ1) is 17.7. The Kier molecular flexibility index (Phi) is 5.33. The van der Waals surface area contributed by atoms with Crippen molar-refractivity contribution in [2.75, 3.05) is 11.1 Å². The molecule has 0 spiro atoms. The van der Waals surface area contributed by atoms with E-state index in [1.807, 2.05) is 18.2 Å². The van der Waals surface area contributed by atoms with E-state index < -0.39 is 5.97 Å². The number of amides is 1. The standard InChI is InChI=1S/C18H16N4O3S/c1-22-16(20-21-18(22)26-11-15(23)24)13-8-5-9-14(10-13)19-17(25)12-6-3-2-4-7-12/h2-10H,11H2,1H3,(H,19,25)(H,23,24). The van der Waals surface area contributed by atoms with Crippen LogP contribution in [-0.4, -0.2) is 37.5 Å². The Hall–Kier alpha value is -3.13. The summed E-state index contributed by atoms with van der Waals surface area (Å²) in [5.41, 5.74) is 1.98. The third kappa shape index (κ3) is 4.09. The topological polar surface area (TPSA) is 97.1 Å². The van der Waals surface area contributed by atoms with Crippen molar-refractivity contribution in [2.45, 2.75) is 5.16 Å². The summed E-state index contributed by atoms with van der Waals surface area (Å²) in [5.74, 6) is -0.601. The molecule has 0 aliphatic rings. The van der Waals surface area contributed by atoms with Crippen molar-refractivity contribution < 1.29 is 14.7 Å². The second kappa shape index (κ2) is 7.83. The minimum absolute atomic E-state index is 0.0842. The fourth-order valence-corrected chi connectivity index (χ4v) is 2.98. The number of nitrogens with zero attached hydrogens (tertiary/aromatic N) is 3. The first-order valence-corrected chi connectivity index (χ1v) is 8.74. The minimum atomic E-state index is -0.912. The molecule has 132 valence electrons. The number of anilines is 1. The van der Waals surface area contributed by atoms with E-state index in [0.29, 0.717) is 22.2 Å². The normalized spacial score (nSPS) is 10.5. The third-order valence-corrected chi connectivity index (χ3v) is 4.58. The summed E-state index contributed by atoms with van der Waals surface area (Å²) in [6, 6.07) is 16.2. The first-order chi connectivity index (χ1) is 12.5. The maximum atomic E-state index is 12.3. The van der Waals surface area contributed by atoms with Gasteiger partial charge in [-0.15, -0.1) is 10.2 Å². The first-order valence-electron chi connectivity index (χ1n) is 7.75. The van der Waals surface area contributed by atoms with Crippen molar-refractivity contribution >= 4 is 29.3 Å². The molecule has 8 heteroatoms. The van der Waals surface area contributed by atoms with E-state index >= 15 is 0 Å². The molecule has 7 nitrogen and oxygen atoms in total. The average Bonchev–Trinajstić information content (AvgIpc) is 3.01. The van der Waals surface area contributed by atoms with Crippen molar-refractivity contribution in [1.82, 2.24) is 14.8 Å². The van der Waals surface area contributed by atoms with E-state index in [1.54, 1.807) is 48.0 Å². The van der Waals surface area contributed by atoms with E-state index in [4.69, 9.17) is 5.11 Å². The van der Waals surface area contributed by atoms with Gasteiger partial charge in [0.15, 0.2) is 11.0 Å². The van der Waals surface area contributed by atoms with Gasteiger partial charge in [0.05, 0.1) is 5.75 Å². The molecule has 1 aromatic heterocycles. The molecule has 3 aromatic rings. The number of aromatic nitrogens is 3. The number of rotatable bonds is 6. The molecule has 1 heterocycles. The van der Waals surface area contributed by atoms with Crippen LogP contribution in [0.15, 0.2) is 59.8 Å². The second-order valence-corrected chi connectivity index (χ2v) is 6.39. The number of hydrogen-bond donors (Lipinski definition) is 2. The molecular formula is C18H16N4O3S. The molecule has 2 N–H and O–H groups in total. The SMILES string of the molecule is Cn1c(SCC(=O)O)nnc1-c1cccc(NC(=O)c2ccccc2)c1. The van der Waals surface area contributed by atoms with Crippen LogP contribution >= 0.6 is 11.8 Å². The minimum Gasteiger partial charge on any atom is -0.481 e. The zero-order valence-electron chi connectivity index (χ0n) is 13.9. The Morgan fingerprint density at radius 3 is 2.62 bits per heavy atom. The maximum absolute atomic E-state index is 12.3. The molecule has 0 saturated carbocycles. The van der Waals surface area contributed by atoms with Crippen molar-refractivity contribution in [1.29, 1.82) is 0 Å². The number of nitrogens with one attached hydrogen (secondary N) is 1. The van der Waals surface area contributed by atoms with Crippen LogP contribution in [0.1, 0.15) is 10.4 Å². The predicted molar refractivity (Wildman–Crippen MR) is 99.2 cm³/mol. The van der Waals surface area contributed by atoms with Gasteiger partial charge in [0.25, 0.3) is 5.91 Å². The number of aliphatic carboxylic acids is 1. The fourth-order valence-electron chi connectivity index (χ4n) is 2.35. The zero-order chi connectivity index (χ0) is 18.5. The smallest absolute Gasteiger partial charge is 0.313 e. The molecule has 2 aromatic carbocycles. The van der Waals surface area contributed by atoms with Gasteiger partial charge >= 0.3 is 5.97 Å². The van der Waals surface area contributed by atoms with Crippen LogP contribution in [0, 0.1) is 0 Å².